The lowest BCUT2D eigenvalue weighted by Crippen LogP contribution is -2.39. The Hall–Kier alpha value is -1.88. The van der Waals surface area contributed by atoms with Gasteiger partial charge in [-0.3, -0.25) is 4.90 Å². The highest BCUT2D eigenvalue weighted by molar-refractivity contribution is 5.28. The predicted octanol–water partition coefficient (Wildman–Crippen LogP) is 3.87. The lowest BCUT2D eigenvalue weighted by atomic mass is 10.1. The van der Waals surface area contributed by atoms with Crippen LogP contribution in [0.15, 0.2) is 54.6 Å². The van der Waals surface area contributed by atoms with Gasteiger partial charge < -0.3 is 14.6 Å². The van der Waals surface area contributed by atoms with Crippen LogP contribution in [0.1, 0.15) is 31.4 Å². The van der Waals surface area contributed by atoms with Gasteiger partial charge in [0.1, 0.15) is 5.75 Å². The van der Waals surface area contributed by atoms with E-state index in [0.29, 0.717) is 25.8 Å². The number of methoxy groups -OCH3 is 1. The maximum Gasteiger partial charge on any atom is 0.119 e. The Bertz CT molecular complexity index is 632. The quantitative estimate of drug-likeness (QED) is 0.663. The van der Waals surface area contributed by atoms with E-state index >= 15 is 0 Å². The lowest BCUT2D eigenvalue weighted by molar-refractivity contribution is 0.00144. The van der Waals surface area contributed by atoms with Gasteiger partial charge in [0.05, 0.1) is 26.4 Å². The monoisotopic (exact) mass is 357 g/mol. The molecule has 0 aliphatic rings. The highest BCUT2D eigenvalue weighted by Crippen LogP contribution is 2.17. The minimum Gasteiger partial charge on any atom is -0.497 e. The summed E-state index contributed by atoms with van der Waals surface area (Å²) < 4.78 is 11.0. The summed E-state index contributed by atoms with van der Waals surface area (Å²) in [6.07, 6.45) is 0.514. The first-order chi connectivity index (χ1) is 12.6. The molecular formula is C22H31NO3. The summed E-state index contributed by atoms with van der Waals surface area (Å²) in [5, 5.41) is 10.4. The van der Waals surface area contributed by atoms with Crippen molar-refractivity contribution in [3.63, 3.8) is 0 Å². The molecule has 2 aromatic rings. The average molecular weight is 357 g/mol. The molecule has 0 saturated carbocycles. The molecule has 0 aromatic heterocycles. The van der Waals surface area contributed by atoms with Gasteiger partial charge in [0.15, 0.2) is 0 Å². The van der Waals surface area contributed by atoms with Crippen molar-refractivity contribution >= 4 is 0 Å². The molecule has 0 heterocycles. The predicted molar refractivity (Wildman–Crippen MR) is 105 cm³/mol. The SMILES string of the molecule is CC[C@@H](C)N(Cc1cccc(OC)c1)C[C@@H](O)COCc1ccccc1. The van der Waals surface area contributed by atoms with E-state index in [-0.39, 0.29) is 0 Å². The van der Waals surface area contributed by atoms with E-state index in [1.165, 1.54) is 5.56 Å². The second kappa shape index (κ2) is 11.0. The van der Waals surface area contributed by atoms with Gasteiger partial charge in [-0.25, -0.2) is 0 Å². The van der Waals surface area contributed by atoms with Crippen LogP contribution in [0.25, 0.3) is 0 Å². The fourth-order valence-electron chi connectivity index (χ4n) is 2.87. The van der Waals surface area contributed by atoms with Gasteiger partial charge in [-0.15, -0.1) is 0 Å². The Morgan fingerprint density at radius 2 is 1.77 bits per heavy atom. The summed E-state index contributed by atoms with van der Waals surface area (Å²) in [4.78, 5) is 2.30. The number of aliphatic hydroxyl groups is 1. The Labute approximate surface area is 157 Å². The van der Waals surface area contributed by atoms with Crippen LogP contribution in [0, 0.1) is 0 Å². The van der Waals surface area contributed by atoms with E-state index in [1.807, 2.05) is 48.5 Å². The third-order valence-electron chi connectivity index (χ3n) is 4.60. The fourth-order valence-corrected chi connectivity index (χ4v) is 2.87. The molecule has 4 heteroatoms. The molecule has 142 valence electrons. The van der Waals surface area contributed by atoms with Gasteiger partial charge >= 0.3 is 0 Å². The molecule has 0 radical (unpaired) electrons. The zero-order valence-corrected chi connectivity index (χ0v) is 16.1. The van der Waals surface area contributed by atoms with Gasteiger partial charge in [-0.1, -0.05) is 49.4 Å². The van der Waals surface area contributed by atoms with E-state index in [4.69, 9.17) is 9.47 Å². The second-order valence-corrected chi connectivity index (χ2v) is 6.69. The van der Waals surface area contributed by atoms with Gasteiger partial charge in [0.25, 0.3) is 0 Å². The molecule has 0 spiro atoms. The molecule has 0 fully saturated rings. The summed E-state index contributed by atoms with van der Waals surface area (Å²) in [5.74, 6) is 0.860. The molecule has 0 saturated heterocycles. The fraction of sp³-hybridized carbons (Fsp3) is 0.455. The van der Waals surface area contributed by atoms with Crippen molar-refractivity contribution < 1.29 is 14.6 Å². The number of ether oxygens (including phenoxy) is 2. The average Bonchev–Trinajstić information content (AvgIpc) is 2.68. The van der Waals surface area contributed by atoms with Crippen LogP contribution in [-0.2, 0) is 17.9 Å². The van der Waals surface area contributed by atoms with Gasteiger partial charge in [0, 0.05) is 19.1 Å². The van der Waals surface area contributed by atoms with Crippen LogP contribution in [0.5, 0.6) is 5.75 Å². The molecule has 4 nitrogen and oxygen atoms in total. The Morgan fingerprint density at radius 3 is 2.46 bits per heavy atom. The van der Waals surface area contributed by atoms with E-state index in [9.17, 15) is 5.11 Å². The number of nitrogens with zero attached hydrogens (tertiary/aromatic N) is 1. The summed E-state index contributed by atoms with van der Waals surface area (Å²) in [7, 11) is 1.68. The number of rotatable bonds is 11. The van der Waals surface area contributed by atoms with Crippen LogP contribution in [0.2, 0.25) is 0 Å². The lowest BCUT2D eigenvalue weighted by Gasteiger charge is -2.30. The van der Waals surface area contributed by atoms with Crippen molar-refractivity contribution in [2.75, 3.05) is 20.3 Å². The molecule has 0 amide bonds. The normalized spacial score (nSPS) is 13.6. The second-order valence-electron chi connectivity index (χ2n) is 6.69. The minimum absolute atomic E-state index is 0.333. The largest absolute Gasteiger partial charge is 0.497 e. The first kappa shape index (κ1) is 20.4. The van der Waals surface area contributed by atoms with Gasteiger partial charge in [0.2, 0.25) is 0 Å². The molecule has 0 aliphatic carbocycles. The molecule has 2 rings (SSSR count). The molecular weight excluding hydrogens is 326 g/mol. The van der Waals surface area contributed by atoms with Crippen molar-refractivity contribution in [2.24, 2.45) is 0 Å². The molecule has 2 aromatic carbocycles. The molecule has 0 bridgehead atoms. The minimum atomic E-state index is -0.515. The van der Waals surface area contributed by atoms with E-state index in [2.05, 4.69) is 24.8 Å². The standard InChI is InChI=1S/C22H31NO3/c1-4-18(2)23(14-20-11-8-12-22(13-20)25-3)15-21(24)17-26-16-19-9-6-5-7-10-19/h5-13,18,21,24H,4,14-17H2,1-3H3/t18-,21-/m1/s1. The van der Waals surface area contributed by atoms with Crippen LogP contribution in [0.3, 0.4) is 0 Å². The van der Waals surface area contributed by atoms with Gasteiger partial charge in [-0.05, 0) is 36.6 Å². The maximum atomic E-state index is 10.4. The van der Waals surface area contributed by atoms with Crippen molar-refractivity contribution in [1.29, 1.82) is 0 Å². The molecule has 0 aliphatic heterocycles. The van der Waals surface area contributed by atoms with Crippen molar-refractivity contribution in [3.05, 3.63) is 65.7 Å². The van der Waals surface area contributed by atoms with Crippen molar-refractivity contribution in [1.82, 2.24) is 4.90 Å². The van der Waals surface area contributed by atoms with E-state index in [1.54, 1.807) is 7.11 Å². The van der Waals surface area contributed by atoms with Crippen molar-refractivity contribution in [3.8, 4) is 5.75 Å². The first-order valence-electron chi connectivity index (χ1n) is 9.29. The van der Waals surface area contributed by atoms with Crippen LogP contribution in [-0.4, -0.2) is 42.4 Å². The molecule has 2 atom stereocenters. The summed E-state index contributed by atoms with van der Waals surface area (Å²) in [5.41, 5.74) is 2.30. The van der Waals surface area contributed by atoms with Crippen LogP contribution >= 0.6 is 0 Å². The summed E-state index contributed by atoms with van der Waals surface area (Å²) in [6, 6.07) is 18.5. The summed E-state index contributed by atoms with van der Waals surface area (Å²) >= 11 is 0. The number of aliphatic hydroxyl groups excluding tert-OH is 1. The maximum absolute atomic E-state index is 10.4. The topological polar surface area (TPSA) is 41.9 Å². The zero-order chi connectivity index (χ0) is 18.8. The molecule has 0 unspecified atom stereocenters. The highest BCUT2D eigenvalue weighted by atomic mass is 16.5. The number of hydrogen-bond donors (Lipinski definition) is 1. The Morgan fingerprint density at radius 1 is 1.04 bits per heavy atom. The smallest absolute Gasteiger partial charge is 0.119 e. The van der Waals surface area contributed by atoms with Crippen LogP contribution in [0.4, 0.5) is 0 Å². The van der Waals surface area contributed by atoms with E-state index in [0.717, 1.165) is 24.3 Å². The Balaban J connectivity index is 1.87. The van der Waals surface area contributed by atoms with Gasteiger partial charge in [-0.2, -0.15) is 0 Å². The highest BCUT2D eigenvalue weighted by Gasteiger charge is 2.17. The third kappa shape index (κ3) is 6.79. The third-order valence-corrected chi connectivity index (χ3v) is 4.60. The molecule has 1 N–H and O–H groups in total. The van der Waals surface area contributed by atoms with E-state index < -0.39 is 6.10 Å². The molecule has 26 heavy (non-hydrogen) atoms. The van der Waals surface area contributed by atoms with Crippen LogP contribution < -0.4 is 4.74 Å². The Kier molecular flexibility index (Phi) is 8.62. The number of hydrogen-bond acceptors (Lipinski definition) is 4. The first-order valence-corrected chi connectivity index (χ1v) is 9.29. The zero-order valence-electron chi connectivity index (χ0n) is 16.1. The number of benzene rings is 2. The van der Waals surface area contributed by atoms with Crippen molar-refractivity contribution in [2.45, 2.75) is 45.6 Å². The summed E-state index contributed by atoms with van der Waals surface area (Å²) in [6.45, 7) is 6.58.